The number of morpholine rings is 1. The summed E-state index contributed by atoms with van der Waals surface area (Å²) in [5.41, 5.74) is 1.32. The SMILES string of the molecule is CN(C)C(=O)c1ccc(NC(=O)C[NH+]2CCOCC2)cc1. The molecule has 6 heteroatoms. The van der Waals surface area contributed by atoms with E-state index in [-0.39, 0.29) is 11.8 Å². The van der Waals surface area contributed by atoms with Crippen molar-refractivity contribution >= 4 is 17.5 Å². The van der Waals surface area contributed by atoms with E-state index in [1.165, 1.54) is 9.80 Å². The van der Waals surface area contributed by atoms with Crippen LogP contribution in [0.2, 0.25) is 0 Å². The number of anilines is 1. The van der Waals surface area contributed by atoms with E-state index >= 15 is 0 Å². The summed E-state index contributed by atoms with van der Waals surface area (Å²) < 4.78 is 5.27. The van der Waals surface area contributed by atoms with E-state index in [1.54, 1.807) is 38.4 Å². The number of hydrogen-bond acceptors (Lipinski definition) is 3. The van der Waals surface area contributed by atoms with Crippen LogP contribution in [0.4, 0.5) is 5.69 Å². The molecule has 0 spiro atoms. The van der Waals surface area contributed by atoms with Crippen molar-refractivity contribution in [1.82, 2.24) is 4.90 Å². The predicted octanol–water partition coefficient (Wildman–Crippen LogP) is -0.758. The van der Waals surface area contributed by atoms with Crippen LogP contribution in [-0.2, 0) is 9.53 Å². The number of benzene rings is 1. The molecule has 1 fully saturated rings. The lowest BCUT2D eigenvalue weighted by Gasteiger charge is -2.23. The van der Waals surface area contributed by atoms with Gasteiger partial charge in [-0.15, -0.1) is 0 Å². The summed E-state index contributed by atoms with van der Waals surface area (Å²) in [6.07, 6.45) is 0. The van der Waals surface area contributed by atoms with Gasteiger partial charge in [0.05, 0.1) is 13.2 Å². The summed E-state index contributed by atoms with van der Waals surface area (Å²) in [5.74, 6) is -0.0655. The van der Waals surface area contributed by atoms with Crippen LogP contribution in [0.15, 0.2) is 24.3 Å². The number of rotatable bonds is 4. The maximum Gasteiger partial charge on any atom is 0.279 e. The number of quaternary nitrogens is 1. The lowest BCUT2D eigenvalue weighted by molar-refractivity contribution is -0.899. The molecule has 0 saturated carbocycles. The van der Waals surface area contributed by atoms with Gasteiger partial charge < -0.3 is 19.9 Å². The van der Waals surface area contributed by atoms with Crippen LogP contribution in [0.5, 0.6) is 0 Å². The van der Waals surface area contributed by atoms with Gasteiger partial charge in [-0.3, -0.25) is 9.59 Å². The Labute approximate surface area is 124 Å². The Morgan fingerprint density at radius 1 is 1.19 bits per heavy atom. The second-order valence-corrected chi connectivity index (χ2v) is 5.36. The van der Waals surface area contributed by atoms with E-state index in [4.69, 9.17) is 4.74 Å². The van der Waals surface area contributed by atoms with Gasteiger partial charge in [-0.25, -0.2) is 0 Å². The standard InChI is InChI=1S/C15H21N3O3/c1-17(2)15(20)12-3-5-13(6-4-12)16-14(19)11-18-7-9-21-10-8-18/h3-6H,7-11H2,1-2H3,(H,16,19)/p+1. The first-order valence-electron chi connectivity index (χ1n) is 7.09. The summed E-state index contributed by atoms with van der Waals surface area (Å²) in [5, 5.41) is 2.86. The van der Waals surface area contributed by atoms with E-state index in [9.17, 15) is 9.59 Å². The number of nitrogens with one attached hydrogen (secondary N) is 2. The Morgan fingerprint density at radius 3 is 2.38 bits per heavy atom. The average molecular weight is 292 g/mol. The van der Waals surface area contributed by atoms with Gasteiger partial charge >= 0.3 is 0 Å². The number of carbonyl (C=O) groups is 2. The van der Waals surface area contributed by atoms with Crippen molar-refractivity contribution < 1.29 is 19.2 Å². The lowest BCUT2D eigenvalue weighted by Crippen LogP contribution is -3.15. The molecule has 2 amide bonds. The number of amides is 2. The monoisotopic (exact) mass is 292 g/mol. The van der Waals surface area contributed by atoms with Gasteiger partial charge in [-0.2, -0.15) is 0 Å². The van der Waals surface area contributed by atoms with E-state index in [0.717, 1.165) is 13.1 Å². The largest absolute Gasteiger partial charge is 0.370 e. The van der Waals surface area contributed by atoms with Crippen molar-refractivity contribution in [1.29, 1.82) is 0 Å². The topological polar surface area (TPSA) is 63.1 Å². The zero-order valence-corrected chi connectivity index (χ0v) is 12.5. The van der Waals surface area contributed by atoms with Gasteiger partial charge in [0.1, 0.15) is 13.1 Å². The van der Waals surface area contributed by atoms with Crippen LogP contribution in [0, 0.1) is 0 Å². The van der Waals surface area contributed by atoms with E-state index in [0.29, 0.717) is 31.0 Å². The molecule has 0 atom stereocenters. The maximum absolute atomic E-state index is 12.0. The van der Waals surface area contributed by atoms with Crippen LogP contribution < -0.4 is 10.2 Å². The second-order valence-electron chi connectivity index (χ2n) is 5.36. The van der Waals surface area contributed by atoms with Crippen LogP contribution in [0.1, 0.15) is 10.4 Å². The fourth-order valence-corrected chi connectivity index (χ4v) is 2.22. The normalized spacial score (nSPS) is 15.5. The molecule has 2 N–H and O–H groups in total. The highest BCUT2D eigenvalue weighted by Crippen LogP contribution is 2.10. The Hall–Kier alpha value is -1.92. The minimum atomic E-state index is -0.0503. The van der Waals surface area contributed by atoms with E-state index in [1.807, 2.05) is 0 Å². The van der Waals surface area contributed by atoms with Crippen molar-refractivity contribution in [2.45, 2.75) is 0 Å². The van der Waals surface area contributed by atoms with Gasteiger partial charge in [0.2, 0.25) is 0 Å². The molecule has 1 saturated heterocycles. The highest BCUT2D eigenvalue weighted by molar-refractivity contribution is 5.95. The van der Waals surface area contributed by atoms with Crippen molar-refractivity contribution in [2.24, 2.45) is 0 Å². The molecule has 0 aliphatic carbocycles. The first kappa shape index (κ1) is 15.5. The zero-order valence-electron chi connectivity index (χ0n) is 12.5. The molecule has 0 radical (unpaired) electrons. The fourth-order valence-electron chi connectivity index (χ4n) is 2.22. The Morgan fingerprint density at radius 2 is 1.81 bits per heavy atom. The Kier molecular flexibility index (Phi) is 5.30. The molecule has 2 rings (SSSR count). The van der Waals surface area contributed by atoms with Gasteiger partial charge in [-0.1, -0.05) is 0 Å². The summed E-state index contributed by atoms with van der Waals surface area (Å²) in [4.78, 5) is 26.5. The molecule has 1 aromatic carbocycles. The molecule has 6 nitrogen and oxygen atoms in total. The van der Waals surface area contributed by atoms with Gasteiger partial charge in [0.25, 0.3) is 11.8 Å². The van der Waals surface area contributed by atoms with Crippen LogP contribution in [-0.4, -0.2) is 63.7 Å². The summed E-state index contributed by atoms with van der Waals surface area (Å²) >= 11 is 0. The molecule has 0 unspecified atom stereocenters. The first-order chi connectivity index (χ1) is 10.1. The molecule has 1 aromatic rings. The number of hydrogen-bond donors (Lipinski definition) is 2. The number of nitrogens with zero attached hydrogens (tertiary/aromatic N) is 1. The highest BCUT2D eigenvalue weighted by Gasteiger charge is 2.17. The third-order valence-corrected chi connectivity index (χ3v) is 3.43. The molecular formula is C15H22N3O3+. The van der Waals surface area contributed by atoms with Crippen molar-refractivity contribution in [3.8, 4) is 0 Å². The molecule has 1 aliphatic heterocycles. The Balaban J connectivity index is 1.87. The molecule has 1 heterocycles. The average Bonchev–Trinajstić information content (AvgIpc) is 2.48. The fraction of sp³-hybridized carbons (Fsp3) is 0.467. The smallest absolute Gasteiger partial charge is 0.279 e. The minimum Gasteiger partial charge on any atom is -0.370 e. The summed E-state index contributed by atoms with van der Waals surface area (Å²) in [6, 6.07) is 6.95. The third kappa shape index (κ3) is 4.54. The predicted molar refractivity (Wildman–Crippen MR) is 79.5 cm³/mol. The highest BCUT2D eigenvalue weighted by atomic mass is 16.5. The third-order valence-electron chi connectivity index (χ3n) is 3.43. The Bertz CT molecular complexity index is 493. The molecule has 21 heavy (non-hydrogen) atoms. The maximum atomic E-state index is 12.0. The van der Waals surface area contributed by atoms with Crippen molar-refractivity contribution in [3.63, 3.8) is 0 Å². The minimum absolute atomic E-state index is 0.0152. The van der Waals surface area contributed by atoms with E-state index in [2.05, 4.69) is 5.32 Å². The van der Waals surface area contributed by atoms with Crippen LogP contribution >= 0.6 is 0 Å². The van der Waals surface area contributed by atoms with Gasteiger partial charge in [0, 0.05) is 25.3 Å². The molecule has 114 valence electrons. The summed E-state index contributed by atoms with van der Waals surface area (Å²) in [7, 11) is 3.42. The first-order valence-corrected chi connectivity index (χ1v) is 7.09. The van der Waals surface area contributed by atoms with Gasteiger partial charge in [0.15, 0.2) is 6.54 Å². The molecule has 0 bridgehead atoms. The summed E-state index contributed by atoms with van der Waals surface area (Å²) in [6.45, 7) is 3.60. The van der Waals surface area contributed by atoms with Gasteiger partial charge in [-0.05, 0) is 24.3 Å². The number of carbonyl (C=O) groups excluding carboxylic acids is 2. The van der Waals surface area contributed by atoms with Crippen molar-refractivity contribution in [2.75, 3.05) is 52.3 Å². The molecule has 0 aromatic heterocycles. The molecule has 1 aliphatic rings. The second kappa shape index (κ2) is 7.19. The number of ether oxygens (including phenoxy) is 1. The quantitative estimate of drug-likeness (QED) is 0.767. The van der Waals surface area contributed by atoms with E-state index < -0.39 is 0 Å². The van der Waals surface area contributed by atoms with Crippen molar-refractivity contribution in [3.05, 3.63) is 29.8 Å². The van der Waals surface area contributed by atoms with Crippen LogP contribution in [0.3, 0.4) is 0 Å². The zero-order chi connectivity index (χ0) is 15.2. The van der Waals surface area contributed by atoms with Crippen LogP contribution in [0.25, 0.3) is 0 Å². The lowest BCUT2D eigenvalue weighted by atomic mass is 10.2. The molecular weight excluding hydrogens is 270 g/mol.